The monoisotopic (exact) mass is 242 g/mol. The fraction of sp³-hybridized carbons (Fsp3) is 0.636. The molecule has 6 nitrogen and oxygen atoms in total. The normalized spacial score (nSPS) is 29.1. The second-order valence-corrected chi connectivity index (χ2v) is 4.21. The van der Waals surface area contributed by atoms with Crippen LogP contribution in [-0.2, 0) is 19.1 Å². The first kappa shape index (κ1) is 12.1. The van der Waals surface area contributed by atoms with Crippen LogP contribution in [0.3, 0.4) is 0 Å². The summed E-state index contributed by atoms with van der Waals surface area (Å²) < 4.78 is 9.53. The number of methoxy groups -OCH3 is 1. The van der Waals surface area contributed by atoms with Crippen LogP contribution in [0.1, 0.15) is 12.8 Å². The molecular weight excluding hydrogens is 228 g/mol. The molecule has 0 bridgehead atoms. The molecule has 0 saturated carbocycles. The van der Waals surface area contributed by atoms with E-state index in [9.17, 15) is 14.7 Å². The number of aliphatic carboxylic acids is 1. The van der Waals surface area contributed by atoms with E-state index in [1.807, 2.05) is 0 Å². The van der Waals surface area contributed by atoms with Crippen LogP contribution in [-0.4, -0.2) is 42.2 Å². The predicted octanol–water partition coefficient (Wildman–Crippen LogP) is -0.0846. The number of hydrogen-bond donors (Lipinski definition) is 2. The predicted molar refractivity (Wildman–Crippen MR) is 54.9 cm³/mol. The minimum Gasteiger partial charge on any atom is -0.481 e. The Labute approximate surface area is 97.8 Å². The third kappa shape index (κ3) is 1.94. The fourth-order valence-corrected chi connectivity index (χ4v) is 2.58. The summed E-state index contributed by atoms with van der Waals surface area (Å²) in [7, 11) is 1.16. The van der Waals surface area contributed by atoms with E-state index in [1.165, 1.54) is 0 Å². The Morgan fingerprint density at radius 2 is 2.24 bits per heavy atom. The third-order valence-corrected chi connectivity index (χ3v) is 3.37. The highest BCUT2D eigenvalue weighted by molar-refractivity contribution is 5.94. The van der Waals surface area contributed by atoms with Crippen LogP contribution in [0.4, 0.5) is 0 Å². The lowest BCUT2D eigenvalue weighted by Gasteiger charge is -2.21. The topological polar surface area (TPSA) is 93.1 Å². The molecule has 0 radical (unpaired) electrons. The van der Waals surface area contributed by atoms with Crippen LogP contribution in [0.15, 0.2) is 11.1 Å². The summed E-state index contributed by atoms with van der Waals surface area (Å²) in [6.07, 6.45) is 0.124. The number of carbonyl (C=O) groups excluding carboxylic acids is 1. The summed E-state index contributed by atoms with van der Waals surface area (Å²) in [4.78, 5) is 22.6. The lowest BCUT2D eigenvalue weighted by atomic mass is 9.86. The van der Waals surface area contributed by atoms with Crippen molar-refractivity contribution < 1.29 is 29.3 Å². The van der Waals surface area contributed by atoms with Gasteiger partial charge in [-0.25, -0.2) is 0 Å². The Bertz CT molecular complexity index is 385. The Kier molecular flexibility index (Phi) is 3.17. The van der Waals surface area contributed by atoms with Gasteiger partial charge in [0, 0.05) is 5.92 Å². The molecule has 2 N–H and O–H groups in total. The molecule has 0 saturated heterocycles. The highest BCUT2D eigenvalue weighted by Crippen LogP contribution is 2.43. The van der Waals surface area contributed by atoms with Gasteiger partial charge in [-0.15, -0.1) is 0 Å². The van der Waals surface area contributed by atoms with Crippen LogP contribution < -0.4 is 0 Å². The van der Waals surface area contributed by atoms with E-state index in [-0.39, 0.29) is 0 Å². The van der Waals surface area contributed by atoms with Gasteiger partial charge < -0.3 is 19.7 Å². The number of ether oxygens (including phenoxy) is 2. The average molecular weight is 242 g/mol. The van der Waals surface area contributed by atoms with Crippen molar-refractivity contribution in [2.45, 2.75) is 19.1 Å². The Morgan fingerprint density at radius 3 is 2.82 bits per heavy atom. The second kappa shape index (κ2) is 4.46. The molecule has 1 aliphatic carbocycles. The standard InChI is InChI=1S/C11H14O6/c1-16-10(14)8(9(12)13)6-3-2-5-4-17-11(15)7(5)6/h6,8,11,15H,2-4H2,1H3,(H,12,13)/t6-,8+,11+/m1/s1. The van der Waals surface area contributed by atoms with Crippen molar-refractivity contribution in [2.24, 2.45) is 11.8 Å². The molecule has 2 rings (SSSR count). The summed E-state index contributed by atoms with van der Waals surface area (Å²) in [6, 6.07) is 0. The van der Waals surface area contributed by atoms with E-state index in [1.54, 1.807) is 0 Å². The van der Waals surface area contributed by atoms with E-state index in [0.717, 1.165) is 12.7 Å². The Hall–Kier alpha value is -1.40. The molecule has 0 fully saturated rings. The maximum Gasteiger partial charge on any atom is 0.320 e. The van der Waals surface area contributed by atoms with Gasteiger partial charge in [0.1, 0.15) is 0 Å². The van der Waals surface area contributed by atoms with Gasteiger partial charge in [-0.1, -0.05) is 0 Å². The number of aliphatic hydroxyl groups is 1. The number of rotatable bonds is 3. The molecule has 0 spiro atoms. The summed E-state index contributed by atoms with van der Waals surface area (Å²) in [6.45, 7) is 0.320. The van der Waals surface area contributed by atoms with Gasteiger partial charge in [0.25, 0.3) is 0 Å². The summed E-state index contributed by atoms with van der Waals surface area (Å²) in [5.41, 5.74) is 1.47. The Morgan fingerprint density at radius 1 is 1.53 bits per heavy atom. The zero-order valence-corrected chi connectivity index (χ0v) is 9.38. The molecule has 2 aliphatic rings. The van der Waals surface area contributed by atoms with E-state index in [4.69, 9.17) is 9.84 Å². The van der Waals surface area contributed by atoms with Gasteiger partial charge >= 0.3 is 11.9 Å². The highest BCUT2D eigenvalue weighted by atomic mass is 16.6. The lowest BCUT2D eigenvalue weighted by molar-refractivity contribution is -0.159. The largest absolute Gasteiger partial charge is 0.481 e. The summed E-state index contributed by atoms with van der Waals surface area (Å²) in [5.74, 6) is -3.79. The first-order chi connectivity index (χ1) is 8.06. The lowest BCUT2D eigenvalue weighted by Crippen LogP contribution is -2.34. The van der Waals surface area contributed by atoms with E-state index >= 15 is 0 Å². The van der Waals surface area contributed by atoms with Crippen molar-refractivity contribution in [1.29, 1.82) is 0 Å². The van der Waals surface area contributed by atoms with Crippen LogP contribution in [0.2, 0.25) is 0 Å². The number of carbonyl (C=O) groups is 2. The summed E-state index contributed by atoms with van der Waals surface area (Å²) in [5, 5.41) is 18.7. The molecule has 0 unspecified atom stereocenters. The molecule has 0 aromatic rings. The SMILES string of the molecule is COC(=O)[C@H](C(=O)O)[C@@H]1CCC2=C1[C@@H](O)OC2. The van der Waals surface area contributed by atoms with E-state index < -0.39 is 30.1 Å². The minimum atomic E-state index is -1.26. The van der Waals surface area contributed by atoms with Crippen molar-refractivity contribution in [3.8, 4) is 0 Å². The number of esters is 1. The molecule has 6 heteroatoms. The zero-order valence-electron chi connectivity index (χ0n) is 9.38. The van der Waals surface area contributed by atoms with Gasteiger partial charge in [0.15, 0.2) is 12.2 Å². The number of aliphatic hydroxyl groups excluding tert-OH is 1. The van der Waals surface area contributed by atoms with Crippen LogP contribution in [0.25, 0.3) is 0 Å². The molecular formula is C11H14O6. The molecule has 0 aromatic carbocycles. The van der Waals surface area contributed by atoms with Crippen molar-refractivity contribution in [1.82, 2.24) is 0 Å². The van der Waals surface area contributed by atoms with E-state index in [0.29, 0.717) is 25.0 Å². The quantitative estimate of drug-likeness (QED) is 0.408. The third-order valence-electron chi connectivity index (χ3n) is 3.37. The maximum atomic E-state index is 11.5. The maximum absolute atomic E-state index is 11.5. The molecule has 0 amide bonds. The molecule has 1 aliphatic heterocycles. The highest BCUT2D eigenvalue weighted by Gasteiger charge is 2.45. The van der Waals surface area contributed by atoms with Crippen molar-refractivity contribution in [3.63, 3.8) is 0 Å². The van der Waals surface area contributed by atoms with Gasteiger partial charge in [0.2, 0.25) is 0 Å². The zero-order chi connectivity index (χ0) is 12.6. The van der Waals surface area contributed by atoms with Gasteiger partial charge in [-0.05, 0) is 24.0 Å². The average Bonchev–Trinajstić information content (AvgIpc) is 2.83. The van der Waals surface area contributed by atoms with Crippen molar-refractivity contribution >= 4 is 11.9 Å². The van der Waals surface area contributed by atoms with Crippen LogP contribution >= 0.6 is 0 Å². The molecule has 0 aromatic heterocycles. The van der Waals surface area contributed by atoms with Crippen molar-refractivity contribution in [2.75, 3.05) is 13.7 Å². The number of hydrogen-bond acceptors (Lipinski definition) is 5. The molecule has 17 heavy (non-hydrogen) atoms. The van der Waals surface area contributed by atoms with Crippen LogP contribution in [0, 0.1) is 11.8 Å². The van der Waals surface area contributed by atoms with Crippen molar-refractivity contribution in [3.05, 3.63) is 11.1 Å². The smallest absolute Gasteiger partial charge is 0.320 e. The first-order valence-electron chi connectivity index (χ1n) is 5.38. The van der Waals surface area contributed by atoms with Gasteiger partial charge in [-0.2, -0.15) is 0 Å². The van der Waals surface area contributed by atoms with Gasteiger partial charge in [0.05, 0.1) is 13.7 Å². The molecule has 1 heterocycles. The fourth-order valence-electron chi connectivity index (χ4n) is 2.58. The Balaban J connectivity index is 2.27. The number of carboxylic acid groups (broad SMARTS) is 1. The molecule has 3 atom stereocenters. The first-order valence-corrected chi connectivity index (χ1v) is 5.38. The van der Waals surface area contributed by atoms with Gasteiger partial charge in [-0.3, -0.25) is 9.59 Å². The minimum absolute atomic E-state index is 0.320. The number of carboxylic acids is 1. The molecule has 94 valence electrons. The second-order valence-electron chi connectivity index (χ2n) is 4.21. The van der Waals surface area contributed by atoms with E-state index in [2.05, 4.69) is 4.74 Å². The van der Waals surface area contributed by atoms with Crippen LogP contribution in [0.5, 0.6) is 0 Å². The summed E-state index contributed by atoms with van der Waals surface area (Å²) >= 11 is 0.